The molecule has 0 bridgehead atoms. The largest absolute Gasteiger partial charge is 0.464 e. The van der Waals surface area contributed by atoms with Gasteiger partial charge in [0.1, 0.15) is 5.78 Å². The van der Waals surface area contributed by atoms with E-state index in [1.165, 1.54) is 6.92 Å². The smallest absolute Gasteiger partial charge is 0.337 e. The molecule has 2 aromatic carbocycles. The molecule has 1 amide bonds. The third kappa shape index (κ3) is 3.21. The lowest BCUT2D eigenvalue weighted by molar-refractivity contribution is -0.161. The van der Waals surface area contributed by atoms with Crippen LogP contribution in [-0.2, 0) is 26.4 Å². The van der Waals surface area contributed by atoms with Crippen LogP contribution in [0.1, 0.15) is 48.7 Å². The van der Waals surface area contributed by atoms with Crippen molar-refractivity contribution in [3.8, 4) is 0 Å². The Hall–Kier alpha value is -2.95. The quantitative estimate of drug-likeness (QED) is 0.688. The molecule has 5 nitrogen and oxygen atoms in total. The molecule has 0 aromatic heterocycles. The summed E-state index contributed by atoms with van der Waals surface area (Å²) in [6.07, 6.45) is 0.172. The van der Waals surface area contributed by atoms with Gasteiger partial charge in [-0.1, -0.05) is 55.5 Å². The van der Waals surface area contributed by atoms with E-state index in [2.05, 4.69) is 0 Å². The number of carbonyl (C=O) groups excluding carboxylic acids is 3. The van der Waals surface area contributed by atoms with Crippen molar-refractivity contribution in [2.24, 2.45) is 5.92 Å². The highest BCUT2D eigenvalue weighted by Gasteiger charge is 2.59. The summed E-state index contributed by atoms with van der Waals surface area (Å²) in [5.74, 6) is -1.17. The first kappa shape index (κ1) is 19.8. The number of hydrogen-bond donors (Lipinski definition) is 0. The maximum Gasteiger partial charge on any atom is 0.337 e. The van der Waals surface area contributed by atoms with Crippen molar-refractivity contribution in [1.29, 1.82) is 0 Å². The van der Waals surface area contributed by atoms with E-state index in [9.17, 15) is 14.4 Å². The summed E-state index contributed by atoms with van der Waals surface area (Å²) in [6, 6.07) is 16.7. The Morgan fingerprint density at radius 2 is 1.71 bits per heavy atom. The highest BCUT2D eigenvalue weighted by molar-refractivity contribution is 6.06. The summed E-state index contributed by atoms with van der Waals surface area (Å²) >= 11 is 0. The van der Waals surface area contributed by atoms with E-state index in [0.717, 1.165) is 5.56 Å². The van der Waals surface area contributed by atoms with Crippen LogP contribution in [0, 0.1) is 5.92 Å². The van der Waals surface area contributed by atoms with Crippen molar-refractivity contribution in [2.75, 3.05) is 6.61 Å². The van der Waals surface area contributed by atoms with E-state index in [1.54, 1.807) is 30.0 Å². The zero-order valence-corrected chi connectivity index (χ0v) is 16.5. The van der Waals surface area contributed by atoms with Crippen LogP contribution < -0.4 is 0 Å². The number of nitrogens with zero attached hydrogens (tertiary/aromatic N) is 1. The average Bonchev–Trinajstić information content (AvgIpc) is 2.92. The highest BCUT2D eigenvalue weighted by Crippen LogP contribution is 2.47. The molecule has 1 aliphatic rings. The highest BCUT2D eigenvalue weighted by atomic mass is 16.5. The number of benzene rings is 2. The second-order valence-corrected chi connectivity index (χ2v) is 7.22. The minimum Gasteiger partial charge on any atom is -0.464 e. The molecule has 0 aliphatic carbocycles. The Kier molecular flexibility index (Phi) is 5.63. The van der Waals surface area contributed by atoms with Gasteiger partial charge in [-0.15, -0.1) is 0 Å². The maximum absolute atomic E-state index is 13.4. The van der Waals surface area contributed by atoms with Crippen molar-refractivity contribution in [2.45, 2.75) is 39.3 Å². The first-order valence-electron chi connectivity index (χ1n) is 9.55. The zero-order chi connectivity index (χ0) is 20.3. The molecule has 5 heteroatoms. The Labute approximate surface area is 165 Å². The number of hydrogen-bond acceptors (Lipinski definition) is 4. The number of fused-ring (bicyclic) bond motifs is 1. The van der Waals surface area contributed by atoms with Crippen molar-refractivity contribution >= 4 is 17.7 Å². The lowest BCUT2D eigenvalue weighted by Gasteiger charge is -2.41. The van der Waals surface area contributed by atoms with Crippen LogP contribution in [-0.4, -0.2) is 29.2 Å². The predicted octanol–water partition coefficient (Wildman–Crippen LogP) is 3.72. The summed E-state index contributed by atoms with van der Waals surface area (Å²) in [5, 5.41) is 0. The number of carbonyl (C=O) groups is 3. The summed E-state index contributed by atoms with van der Waals surface area (Å²) in [5.41, 5.74) is 0.683. The first-order chi connectivity index (χ1) is 13.4. The second kappa shape index (κ2) is 7.97. The molecule has 1 aliphatic heterocycles. The topological polar surface area (TPSA) is 63.7 Å². The van der Waals surface area contributed by atoms with E-state index < -0.39 is 17.4 Å². The minimum absolute atomic E-state index is 0.0346. The third-order valence-corrected chi connectivity index (χ3v) is 5.32. The number of ketones is 1. The van der Waals surface area contributed by atoms with Crippen LogP contribution in [0.2, 0.25) is 0 Å². The van der Waals surface area contributed by atoms with E-state index >= 15 is 0 Å². The molecule has 0 N–H and O–H groups in total. The van der Waals surface area contributed by atoms with Gasteiger partial charge in [-0.3, -0.25) is 4.79 Å². The molecule has 146 valence electrons. The van der Waals surface area contributed by atoms with Gasteiger partial charge in [0, 0.05) is 30.0 Å². The molecule has 0 radical (unpaired) electrons. The zero-order valence-electron chi connectivity index (χ0n) is 16.5. The minimum atomic E-state index is -1.33. The van der Waals surface area contributed by atoms with Gasteiger partial charge in [-0.25, -0.2) is 4.79 Å². The van der Waals surface area contributed by atoms with Crippen LogP contribution in [0.5, 0.6) is 0 Å². The van der Waals surface area contributed by atoms with Crippen LogP contribution in [0.15, 0.2) is 54.6 Å². The van der Waals surface area contributed by atoms with Gasteiger partial charge in [0.05, 0.1) is 6.61 Å². The maximum atomic E-state index is 13.4. The lowest BCUT2D eigenvalue weighted by Crippen LogP contribution is -2.54. The van der Waals surface area contributed by atoms with Crippen LogP contribution in [0.3, 0.4) is 0 Å². The summed E-state index contributed by atoms with van der Waals surface area (Å²) in [7, 11) is 0. The molecule has 0 saturated carbocycles. The molecule has 2 atom stereocenters. The third-order valence-electron chi connectivity index (χ3n) is 5.32. The number of amides is 1. The Morgan fingerprint density at radius 3 is 2.36 bits per heavy atom. The van der Waals surface area contributed by atoms with E-state index in [4.69, 9.17) is 4.74 Å². The number of ether oxygens (including phenoxy) is 1. The first-order valence-corrected chi connectivity index (χ1v) is 9.55. The van der Waals surface area contributed by atoms with Crippen molar-refractivity contribution in [3.05, 3.63) is 71.3 Å². The molecule has 0 spiro atoms. The SMILES string of the molecule is CCOC(=O)C1(C(C)CC(C)=O)c2ccccc2C(=O)N1Cc1ccccc1. The predicted molar refractivity (Wildman–Crippen MR) is 106 cm³/mol. The standard InChI is InChI=1S/C23H25NO4/c1-4-28-22(27)23(16(2)14-17(3)25)20-13-9-8-12-19(20)21(26)24(23)15-18-10-6-5-7-11-18/h5-13,16H,4,14-15H2,1-3H3. The van der Waals surface area contributed by atoms with E-state index in [1.807, 2.05) is 43.3 Å². The van der Waals surface area contributed by atoms with E-state index in [-0.39, 0.29) is 31.3 Å². The normalized spacial score (nSPS) is 19.2. The van der Waals surface area contributed by atoms with Crippen molar-refractivity contribution in [3.63, 3.8) is 0 Å². The number of rotatable bonds is 7. The molecular formula is C23H25NO4. The number of esters is 1. The monoisotopic (exact) mass is 379 g/mol. The molecule has 28 heavy (non-hydrogen) atoms. The van der Waals surface area contributed by atoms with Crippen LogP contribution >= 0.6 is 0 Å². The summed E-state index contributed by atoms with van der Waals surface area (Å²) in [4.78, 5) is 40.2. The van der Waals surface area contributed by atoms with Gasteiger partial charge < -0.3 is 14.4 Å². The molecule has 2 unspecified atom stereocenters. The van der Waals surface area contributed by atoms with Crippen LogP contribution in [0.4, 0.5) is 0 Å². The second-order valence-electron chi connectivity index (χ2n) is 7.22. The van der Waals surface area contributed by atoms with E-state index in [0.29, 0.717) is 11.1 Å². The Bertz CT molecular complexity index is 892. The Morgan fingerprint density at radius 1 is 1.07 bits per heavy atom. The van der Waals surface area contributed by atoms with Gasteiger partial charge in [0.25, 0.3) is 5.91 Å². The fourth-order valence-corrected chi connectivity index (χ4v) is 4.19. The van der Waals surface area contributed by atoms with Crippen molar-refractivity contribution < 1.29 is 19.1 Å². The van der Waals surface area contributed by atoms with Crippen LogP contribution in [0.25, 0.3) is 0 Å². The fourth-order valence-electron chi connectivity index (χ4n) is 4.19. The number of Topliss-reactive ketones (excluding diaryl/α,β-unsaturated/α-hetero) is 1. The molecule has 3 rings (SSSR count). The average molecular weight is 379 g/mol. The van der Waals surface area contributed by atoms with Gasteiger partial charge in [0.2, 0.25) is 0 Å². The molecule has 0 fully saturated rings. The van der Waals surface area contributed by atoms with Crippen molar-refractivity contribution in [1.82, 2.24) is 4.90 Å². The Balaban J connectivity index is 2.20. The fraction of sp³-hybridized carbons (Fsp3) is 0.348. The van der Waals surface area contributed by atoms with Gasteiger partial charge in [-0.2, -0.15) is 0 Å². The van der Waals surface area contributed by atoms with Gasteiger partial charge >= 0.3 is 5.97 Å². The lowest BCUT2D eigenvalue weighted by atomic mass is 9.76. The molecular weight excluding hydrogens is 354 g/mol. The van der Waals surface area contributed by atoms with Gasteiger partial charge in [-0.05, 0) is 25.5 Å². The van der Waals surface area contributed by atoms with Gasteiger partial charge in [0.15, 0.2) is 5.54 Å². The molecule has 0 saturated heterocycles. The summed E-state index contributed by atoms with van der Waals surface area (Å²) in [6.45, 7) is 5.54. The molecule has 1 heterocycles. The molecule has 2 aromatic rings. The summed E-state index contributed by atoms with van der Waals surface area (Å²) < 4.78 is 5.46.